The van der Waals surface area contributed by atoms with Crippen molar-refractivity contribution >= 4 is 34.8 Å². The van der Waals surface area contributed by atoms with Crippen molar-refractivity contribution in [2.24, 2.45) is 5.92 Å². The lowest BCUT2D eigenvalue weighted by atomic mass is 10.1. The molecule has 0 radical (unpaired) electrons. The zero-order valence-electron chi connectivity index (χ0n) is 16.4. The first kappa shape index (κ1) is 19.6. The van der Waals surface area contributed by atoms with E-state index in [4.69, 9.17) is 0 Å². The molecule has 0 bridgehead atoms. The molecule has 0 aromatic heterocycles. The highest BCUT2D eigenvalue weighted by molar-refractivity contribution is 6.05. The standard InChI is InChI=1S/C22H25N3O3/c1-14(2)21(27)23-17-9-6-15(3)19(13-17)24-22(28)16-7-10-18(11-8-16)25-12-4-5-20(25)26/h6-11,13-14H,4-5,12H2,1-3H3,(H,23,27)(H,24,28). The lowest BCUT2D eigenvalue weighted by Gasteiger charge is -2.16. The van der Waals surface area contributed by atoms with Crippen molar-refractivity contribution in [3.8, 4) is 0 Å². The Morgan fingerprint density at radius 2 is 1.75 bits per heavy atom. The van der Waals surface area contributed by atoms with Crippen molar-refractivity contribution in [3.05, 3.63) is 53.6 Å². The lowest BCUT2D eigenvalue weighted by molar-refractivity contribution is -0.119. The number of benzene rings is 2. The maximum Gasteiger partial charge on any atom is 0.255 e. The summed E-state index contributed by atoms with van der Waals surface area (Å²) in [5.41, 5.74) is 3.50. The maximum absolute atomic E-state index is 12.6. The van der Waals surface area contributed by atoms with E-state index in [1.165, 1.54) is 0 Å². The van der Waals surface area contributed by atoms with Crippen LogP contribution in [0.1, 0.15) is 42.6 Å². The van der Waals surface area contributed by atoms with Crippen LogP contribution in [0.2, 0.25) is 0 Å². The highest BCUT2D eigenvalue weighted by Crippen LogP contribution is 2.24. The number of nitrogens with one attached hydrogen (secondary N) is 2. The molecule has 3 rings (SSSR count). The summed E-state index contributed by atoms with van der Waals surface area (Å²) in [6.45, 7) is 6.27. The molecule has 0 spiro atoms. The van der Waals surface area contributed by atoms with Gasteiger partial charge in [0.25, 0.3) is 5.91 Å². The fourth-order valence-electron chi connectivity index (χ4n) is 3.03. The minimum Gasteiger partial charge on any atom is -0.326 e. The monoisotopic (exact) mass is 379 g/mol. The van der Waals surface area contributed by atoms with Crippen molar-refractivity contribution in [2.75, 3.05) is 22.1 Å². The Bertz CT molecular complexity index is 904. The molecular formula is C22H25N3O3. The molecule has 0 atom stereocenters. The molecule has 0 unspecified atom stereocenters. The van der Waals surface area contributed by atoms with E-state index >= 15 is 0 Å². The quantitative estimate of drug-likeness (QED) is 0.825. The van der Waals surface area contributed by atoms with Gasteiger partial charge >= 0.3 is 0 Å². The first-order valence-electron chi connectivity index (χ1n) is 9.48. The van der Waals surface area contributed by atoms with E-state index in [2.05, 4.69) is 10.6 Å². The molecule has 1 aliphatic rings. The summed E-state index contributed by atoms with van der Waals surface area (Å²) in [5.74, 6) is -0.323. The number of aryl methyl sites for hydroxylation is 1. The predicted octanol–water partition coefficient (Wildman–Crippen LogP) is 3.97. The molecule has 0 saturated carbocycles. The van der Waals surface area contributed by atoms with Gasteiger partial charge in [0.15, 0.2) is 0 Å². The summed E-state index contributed by atoms with van der Waals surface area (Å²) in [6.07, 6.45) is 1.44. The van der Waals surface area contributed by atoms with E-state index in [-0.39, 0.29) is 23.6 Å². The van der Waals surface area contributed by atoms with Crippen molar-refractivity contribution < 1.29 is 14.4 Å². The van der Waals surface area contributed by atoms with Crippen molar-refractivity contribution in [1.29, 1.82) is 0 Å². The molecular weight excluding hydrogens is 354 g/mol. The number of hydrogen-bond donors (Lipinski definition) is 2. The second kappa shape index (κ2) is 8.25. The minimum absolute atomic E-state index is 0.0758. The number of carbonyl (C=O) groups is 3. The third kappa shape index (κ3) is 4.39. The van der Waals surface area contributed by atoms with Crippen LogP contribution in [0.3, 0.4) is 0 Å². The van der Waals surface area contributed by atoms with Gasteiger partial charge in [0.05, 0.1) is 0 Å². The molecule has 6 heteroatoms. The van der Waals surface area contributed by atoms with Gasteiger partial charge < -0.3 is 15.5 Å². The zero-order valence-corrected chi connectivity index (χ0v) is 16.4. The minimum atomic E-state index is -0.241. The van der Waals surface area contributed by atoms with Crippen LogP contribution in [0.5, 0.6) is 0 Å². The third-order valence-electron chi connectivity index (χ3n) is 4.79. The molecule has 1 fully saturated rings. The van der Waals surface area contributed by atoms with Crippen LogP contribution in [0.4, 0.5) is 17.1 Å². The van der Waals surface area contributed by atoms with E-state index < -0.39 is 0 Å². The first-order valence-corrected chi connectivity index (χ1v) is 9.48. The third-order valence-corrected chi connectivity index (χ3v) is 4.79. The highest BCUT2D eigenvalue weighted by atomic mass is 16.2. The van der Waals surface area contributed by atoms with Crippen LogP contribution in [0, 0.1) is 12.8 Å². The molecule has 1 saturated heterocycles. The van der Waals surface area contributed by atoms with Gasteiger partial charge in [-0.15, -0.1) is 0 Å². The van der Waals surface area contributed by atoms with E-state index in [0.717, 1.165) is 24.2 Å². The van der Waals surface area contributed by atoms with E-state index in [1.807, 2.05) is 32.9 Å². The molecule has 2 aromatic carbocycles. The molecule has 0 aliphatic carbocycles. The Kier molecular flexibility index (Phi) is 5.78. The van der Waals surface area contributed by atoms with Gasteiger partial charge in [-0.25, -0.2) is 0 Å². The van der Waals surface area contributed by atoms with E-state index in [9.17, 15) is 14.4 Å². The van der Waals surface area contributed by atoms with Crippen LogP contribution >= 0.6 is 0 Å². The SMILES string of the molecule is Cc1ccc(NC(=O)C(C)C)cc1NC(=O)c1ccc(N2CCCC2=O)cc1. The fraction of sp³-hybridized carbons (Fsp3) is 0.318. The van der Waals surface area contributed by atoms with Gasteiger partial charge in [0, 0.05) is 41.5 Å². The Morgan fingerprint density at radius 3 is 2.36 bits per heavy atom. The van der Waals surface area contributed by atoms with Gasteiger partial charge in [0.2, 0.25) is 11.8 Å². The number of amides is 3. The van der Waals surface area contributed by atoms with Crippen LogP contribution < -0.4 is 15.5 Å². The predicted molar refractivity (Wildman–Crippen MR) is 111 cm³/mol. The molecule has 146 valence electrons. The number of hydrogen-bond acceptors (Lipinski definition) is 3. The maximum atomic E-state index is 12.6. The first-order chi connectivity index (χ1) is 13.3. The van der Waals surface area contributed by atoms with Gasteiger partial charge in [0.1, 0.15) is 0 Å². The smallest absolute Gasteiger partial charge is 0.255 e. The van der Waals surface area contributed by atoms with Gasteiger partial charge in [-0.05, 0) is 55.3 Å². The average Bonchev–Trinajstić information content (AvgIpc) is 3.10. The van der Waals surface area contributed by atoms with Crippen LogP contribution in [0.25, 0.3) is 0 Å². The Labute approximate surface area is 164 Å². The second-order valence-electron chi connectivity index (χ2n) is 7.32. The number of rotatable bonds is 5. The largest absolute Gasteiger partial charge is 0.326 e. The highest BCUT2D eigenvalue weighted by Gasteiger charge is 2.21. The average molecular weight is 379 g/mol. The lowest BCUT2D eigenvalue weighted by Crippen LogP contribution is -2.23. The van der Waals surface area contributed by atoms with Crippen molar-refractivity contribution in [3.63, 3.8) is 0 Å². The Hall–Kier alpha value is -3.15. The normalized spacial score (nSPS) is 13.7. The summed E-state index contributed by atoms with van der Waals surface area (Å²) >= 11 is 0. The molecule has 1 aliphatic heterocycles. The molecule has 2 aromatic rings. The van der Waals surface area contributed by atoms with Crippen LogP contribution in [0.15, 0.2) is 42.5 Å². The number of anilines is 3. The topological polar surface area (TPSA) is 78.5 Å². The van der Waals surface area contributed by atoms with Crippen molar-refractivity contribution in [1.82, 2.24) is 0 Å². The molecule has 1 heterocycles. The summed E-state index contributed by atoms with van der Waals surface area (Å²) in [5, 5.41) is 5.73. The number of nitrogens with zero attached hydrogens (tertiary/aromatic N) is 1. The summed E-state index contributed by atoms with van der Waals surface area (Å²) in [4.78, 5) is 38.1. The number of carbonyl (C=O) groups excluding carboxylic acids is 3. The fourth-order valence-corrected chi connectivity index (χ4v) is 3.03. The molecule has 2 N–H and O–H groups in total. The van der Waals surface area contributed by atoms with Gasteiger partial charge in [-0.3, -0.25) is 14.4 Å². The molecule has 3 amide bonds. The van der Waals surface area contributed by atoms with Gasteiger partial charge in [-0.1, -0.05) is 19.9 Å². The summed E-state index contributed by atoms with van der Waals surface area (Å²) in [6, 6.07) is 12.5. The second-order valence-corrected chi connectivity index (χ2v) is 7.32. The summed E-state index contributed by atoms with van der Waals surface area (Å²) in [7, 11) is 0. The van der Waals surface area contributed by atoms with Crippen LogP contribution in [-0.2, 0) is 9.59 Å². The Balaban J connectivity index is 1.72. The van der Waals surface area contributed by atoms with Crippen LogP contribution in [-0.4, -0.2) is 24.3 Å². The molecule has 6 nitrogen and oxygen atoms in total. The molecule has 28 heavy (non-hydrogen) atoms. The zero-order chi connectivity index (χ0) is 20.3. The van der Waals surface area contributed by atoms with E-state index in [1.54, 1.807) is 35.2 Å². The van der Waals surface area contributed by atoms with E-state index in [0.29, 0.717) is 23.4 Å². The van der Waals surface area contributed by atoms with Crippen molar-refractivity contribution in [2.45, 2.75) is 33.6 Å². The van der Waals surface area contributed by atoms with Gasteiger partial charge in [-0.2, -0.15) is 0 Å². The summed E-state index contributed by atoms with van der Waals surface area (Å²) < 4.78 is 0. The Morgan fingerprint density at radius 1 is 1.04 bits per heavy atom.